The Morgan fingerprint density at radius 3 is 2.03 bits per heavy atom. The molecule has 1 amide bonds. The summed E-state index contributed by atoms with van der Waals surface area (Å²) in [6, 6.07) is 27.0. The van der Waals surface area contributed by atoms with Gasteiger partial charge < -0.3 is 14.5 Å². The molecule has 0 spiro atoms. The molecule has 6 heteroatoms. The highest BCUT2D eigenvalue weighted by Gasteiger charge is 2.36. The number of fused-ring (bicyclic) bond motifs is 1. The Kier molecular flexibility index (Phi) is 6.93. The number of carbonyl (C=O) groups excluding carboxylic acids is 2. The van der Waals surface area contributed by atoms with Crippen molar-refractivity contribution in [2.75, 3.05) is 51.3 Å². The lowest BCUT2D eigenvalue weighted by molar-refractivity contribution is -0.114. The van der Waals surface area contributed by atoms with Gasteiger partial charge in [-0.15, -0.1) is 0 Å². The van der Waals surface area contributed by atoms with Crippen LogP contribution in [0.4, 0.5) is 5.69 Å². The molecule has 180 valence electrons. The van der Waals surface area contributed by atoms with E-state index in [0.29, 0.717) is 23.5 Å². The van der Waals surface area contributed by atoms with E-state index < -0.39 is 11.7 Å². The van der Waals surface area contributed by atoms with Gasteiger partial charge in [0.2, 0.25) is 0 Å². The molecule has 0 radical (unpaired) electrons. The zero-order valence-corrected chi connectivity index (χ0v) is 20.1. The van der Waals surface area contributed by atoms with Gasteiger partial charge in [-0.1, -0.05) is 60.7 Å². The van der Waals surface area contributed by atoms with Gasteiger partial charge in [0, 0.05) is 32.7 Å². The van der Waals surface area contributed by atoms with E-state index in [9.17, 15) is 9.59 Å². The summed E-state index contributed by atoms with van der Waals surface area (Å²) >= 11 is 0. The number of Topliss-reactive ketones (excluding diaryl/α,β-unsaturated/α-hetero) is 1. The lowest BCUT2D eigenvalue weighted by Gasteiger charge is -2.40. The lowest BCUT2D eigenvalue weighted by atomic mass is 9.96. The number of ketones is 1. The van der Waals surface area contributed by atoms with E-state index in [-0.39, 0.29) is 6.04 Å². The summed E-state index contributed by atoms with van der Waals surface area (Å²) in [5, 5.41) is 0. The second kappa shape index (κ2) is 10.4. The Labute approximate surface area is 206 Å². The molecule has 0 bridgehead atoms. The van der Waals surface area contributed by atoms with Crippen LogP contribution in [0.3, 0.4) is 0 Å². The number of amides is 1. The molecule has 3 aromatic rings. The molecule has 0 N–H and O–H groups in total. The third-order valence-corrected chi connectivity index (χ3v) is 7.04. The van der Waals surface area contributed by atoms with E-state index in [4.69, 9.17) is 4.74 Å². The van der Waals surface area contributed by atoms with Crippen molar-refractivity contribution in [1.82, 2.24) is 9.80 Å². The van der Waals surface area contributed by atoms with Crippen molar-refractivity contribution >= 4 is 17.4 Å². The van der Waals surface area contributed by atoms with Crippen LogP contribution in [-0.2, 0) is 4.79 Å². The molecule has 0 aromatic heterocycles. The molecular formula is C29H31N3O3. The highest BCUT2D eigenvalue weighted by atomic mass is 16.5. The standard InChI is InChI=1S/C29H31N3O3/c1-35-24-13-14-26-25(21-24)28(33)29(34)32(26)16-8-15-30-17-19-31(20-18-30)27(22-9-4-2-5-10-22)23-11-6-3-7-12-23/h2-7,9-14,21,27H,8,15-20H2,1H3. The topological polar surface area (TPSA) is 53.1 Å². The number of methoxy groups -OCH3 is 1. The highest BCUT2D eigenvalue weighted by molar-refractivity contribution is 6.52. The largest absolute Gasteiger partial charge is 0.497 e. The summed E-state index contributed by atoms with van der Waals surface area (Å²) in [6.07, 6.45) is 0.825. The van der Waals surface area contributed by atoms with Crippen LogP contribution in [0.15, 0.2) is 78.9 Å². The van der Waals surface area contributed by atoms with E-state index in [1.54, 1.807) is 24.1 Å². The highest BCUT2D eigenvalue weighted by Crippen LogP contribution is 2.32. The van der Waals surface area contributed by atoms with Gasteiger partial charge in [-0.05, 0) is 42.3 Å². The van der Waals surface area contributed by atoms with E-state index in [1.165, 1.54) is 11.1 Å². The first-order valence-electron chi connectivity index (χ1n) is 12.3. The molecule has 5 rings (SSSR count). The number of anilines is 1. The van der Waals surface area contributed by atoms with Crippen LogP contribution >= 0.6 is 0 Å². The maximum Gasteiger partial charge on any atom is 0.299 e. The van der Waals surface area contributed by atoms with E-state index in [2.05, 4.69) is 70.5 Å². The average Bonchev–Trinajstić information content (AvgIpc) is 3.15. The Bertz CT molecular complexity index is 1130. The number of rotatable bonds is 8. The first-order chi connectivity index (χ1) is 17.2. The van der Waals surface area contributed by atoms with Crippen molar-refractivity contribution in [3.05, 3.63) is 95.6 Å². The van der Waals surface area contributed by atoms with Gasteiger partial charge in [0.15, 0.2) is 0 Å². The third kappa shape index (κ3) is 4.85. The van der Waals surface area contributed by atoms with Gasteiger partial charge in [-0.2, -0.15) is 0 Å². The fourth-order valence-corrected chi connectivity index (χ4v) is 5.21. The molecule has 6 nitrogen and oxygen atoms in total. The zero-order valence-electron chi connectivity index (χ0n) is 20.1. The smallest absolute Gasteiger partial charge is 0.299 e. The summed E-state index contributed by atoms with van der Waals surface area (Å²) in [6.45, 7) is 5.38. The molecule has 0 atom stereocenters. The van der Waals surface area contributed by atoms with Crippen LogP contribution in [-0.4, -0.2) is 67.9 Å². The normalized spacial score (nSPS) is 16.7. The second-order valence-corrected chi connectivity index (χ2v) is 9.12. The van der Waals surface area contributed by atoms with Gasteiger partial charge in [-0.3, -0.25) is 14.5 Å². The van der Waals surface area contributed by atoms with Crippen molar-refractivity contribution in [3.8, 4) is 5.75 Å². The van der Waals surface area contributed by atoms with Crippen LogP contribution in [0, 0.1) is 0 Å². The minimum atomic E-state index is -0.444. The monoisotopic (exact) mass is 469 g/mol. The molecule has 0 saturated carbocycles. The molecule has 35 heavy (non-hydrogen) atoms. The van der Waals surface area contributed by atoms with Crippen LogP contribution in [0.25, 0.3) is 0 Å². The summed E-state index contributed by atoms with van der Waals surface area (Å²) in [7, 11) is 1.56. The quantitative estimate of drug-likeness (QED) is 0.467. The zero-order chi connectivity index (χ0) is 24.2. The Morgan fingerprint density at radius 2 is 1.43 bits per heavy atom. The summed E-state index contributed by atoms with van der Waals surface area (Å²) < 4.78 is 5.21. The minimum Gasteiger partial charge on any atom is -0.497 e. The second-order valence-electron chi connectivity index (χ2n) is 9.12. The number of piperazine rings is 1. The Hall–Kier alpha value is -3.48. The number of ether oxygens (including phenoxy) is 1. The first-order valence-corrected chi connectivity index (χ1v) is 12.3. The number of hydrogen-bond acceptors (Lipinski definition) is 5. The van der Waals surface area contributed by atoms with Crippen molar-refractivity contribution in [2.24, 2.45) is 0 Å². The van der Waals surface area contributed by atoms with Crippen molar-refractivity contribution < 1.29 is 14.3 Å². The van der Waals surface area contributed by atoms with Crippen LogP contribution in [0.1, 0.15) is 33.9 Å². The first kappa shape index (κ1) is 23.3. The maximum absolute atomic E-state index is 12.5. The molecular weight excluding hydrogens is 438 g/mol. The number of carbonyl (C=O) groups is 2. The minimum absolute atomic E-state index is 0.251. The van der Waals surface area contributed by atoms with Crippen molar-refractivity contribution in [1.29, 1.82) is 0 Å². The molecule has 3 aromatic carbocycles. The van der Waals surface area contributed by atoms with Gasteiger partial charge in [0.05, 0.1) is 24.4 Å². The van der Waals surface area contributed by atoms with Gasteiger partial charge in [0.1, 0.15) is 5.75 Å². The molecule has 2 aliphatic heterocycles. The predicted octanol–water partition coefficient (Wildman–Crippen LogP) is 4.02. The Morgan fingerprint density at radius 1 is 0.800 bits per heavy atom. The molecule has 2 aliphatic rings. The van der Waals surface area contributed by atoms with E-state index >= 15 is 0 Å². The van der Waals surface area contributed by atoms with Gasteiger partial charge in [0.25, 0.3) is 11.7 Å². The van der Waals surface area contributed by atoms with Gasteiger partial charge >= 0.3 is 0 Å². The van der Waals surface area contributed by atoms with E-state index in [0.717, 1.165) is 39.1 Å². The molecule has 1 saturated heterocycles. The summed E-state index contributed by atoms with van der Waals surface area (Å²) in [5.74, 6) is -0.291. The summed E-state index contributed by atoms with van der Waals surface area (Å²) in [5.41, 5.74) is 3.77. The number of hydrogen-bond donors (Lipinski definition) is 0. The van der Waals surface area contributed by atoms with E-state index in [1.807, 2.05) is 6.07 Å². The molecule has 1 fully saturated rings. The maximum atomic E-state index is 12.5. The van der Waals surface area contributed by atoms with Crippen LogP contribution in [0.2, 0.25) is 0 Å². The SMILES string of the molecule is COc1ccc2c(c1)C(=O)C(=O)N2CCCN1CCN(C(c2ccccc2)c2ccccc2)CC1. The number of nitrogens with zero attached hydrogens (tertiary/aromatic N) is 3. The van der Waals surface area contributed by atoms with Gasteiger partial charge in [-0.25, -0.2) is 0 Å². The van der Waals surface area contributed by atoms with Crippen LogP contribution < -0.4 is 9.64 Å². The predicted molar refractivity (Wildman–Crippen MR) is 137 cm³/mol. The third-order valence-electron chi connectivity index (χ3n) is 7.04. The average molecular weight is 470 g/mol. The fourth-order valence-electron chi connectivity index (χ4n) is 5.21. The molecule has 2 heterocycles. The summed E-state index contributed by atoms with van der Waals surface area (Å²) in [4.78, 5) is 31.6. The molecule has 0 aliphatic carbocycles. The van der Waals surface area contributed by atoms with Crippen LogP contribution in [0.5, 0.6) is 5.75 Å². The number of benzene rings is 3. The lowest BCUT2D eigenvalue weighted by Crippen LogP contribution is -2.48. The Balaban J connectivity index is 1.18. The van der Waals surface area contributed by atoms with Crippen molar-refractivity contribution in [3.63, 3.8) is 0 Å². The van der Waals surface area contributed by atoms with Crippen molar-refractivity contribution in [2.45, 2.75) is 12.5 Å². The fraction of sp³-hybridized carbons (Fsp3) is 0.310. The molecule has 0 unspecified atom stereocenters.